The highest BCUT2D eigenvalue weighted by Gasteiger charge is 2.56. The fourth-order valence-electron chi connectivity index (χ4n) is 5.07. The molecule has 2 aliphatic heterocycles. The molecule has 1 N–H and O–H groups in total. The van der Waals surface area contributed by atoms with E-state index in [1.807, 2.05) is 42.6 Å². The van der Waals surface area contributed by atoms with Gasteiger partial charge in [0.25, 0.3) is 5.91 Å². The molecule has 1 aliphatic carbocycles. The van der Waals surface area contributed by atoms with Gasteiger partial charge < -0.3 is 10.2 Å². The van der Waals surface area contributed by atoms with Crippen LogP contribution in [0.15, 0.2) is 35.7 Å². The molecule has 29 heavy (non-hydrogen) atoms. The average molecular weight is 410 g/mol. The van der Waals surface area contributed by atoms with Crippen LogP contribution >= 0.6 is 11.3 Å². The van der Waals surface area contributed by atoms with Gasteiger partial charge in [-0.25, -0.2) is 9.69 Å². The van der Waals surface area contributed by atoms with Gasteiger partial charge in [0.05, 0.1) is 0 Å². The quantitative estimate of drug-likeness (QED) is 0.775. The van der Waals surface area contributed by atoms with Gasteiger partial charge in [0.1, 0.15) is 11.6 Å². The number of nitrogens with one attached hydrogen (secondary N) is 1. The third kappa shape index (κ3) is 2.50. The minimum absolute atomic E-state index is 0.00441. The van der Waals surface area contributed by atoms with E-state index < -0.39 is 17.6 Å². The van der Waals surface area contributed by atoms with Gasteiger partial charge >= 0.3 is 6.03 Å². The summed E-state index contributed by atoms with van der Waals surface area (Å²) in [6.45, 7) is 3.65. The van der Waals surface area contributed by atoms with E-state index in [0.29, 0.717) is 6.42 Å². The molecular formula is C22H23N3O3S. The van der Waals surface area contributed by atoms with Crippen LogP contribution in [-0.4, -0.2) is 34.8 Å². The first-order chi connectivity index (χ1) is 13.9. The highest BCUT2D eigenvalue weighted by molar-refractivity contribution is 7.10. The molecule has 6 nitrogen and oxygen atoms in total. The highest BCUT2D eigenvalue weighted by Crippen LogP contribution is 2.43. The van der Waals surface area contributed by atoms with Gasteiger partial charge in [-0.15, -0.1) is 11.3 Å². The Morgan fingerprint density at radius 2 is 2.07 bits per heavy atom. The third-order valence-electron chi connectivity index (χ3n) is 6.47. The van der Waals surface area contributed by atoms with E-state index in [2.05, 4.69) is 5.32 Å². The fraction of sp³-hybridized carbons (Fsp3) is 0.409. The molecule has 7 heteroatoms. The Bertz CT molecular complexity index is 1030. The molecular weight excluding hydrogens is 386 g/mol. The summed E-state index contributed by atoms with van der Waals surface area (Å²) < 4.78 is 0. The third-order valence-corrected chi connectivity index (χ3v) is 7.45. The van der Waals surface area contributed by atoms with Crippen LogP contribution in [0.2, 0.25) is 0 Å². The van der Waals surface area contributed by atoms with Crippen LogP contribution in [0.5, 0.6) is 0 Å². The van der Waals surface area contributed by atoms with Gasteiger partial charge in [0.2, 0.25) is 5.91 Å². The number of hydrogen-bond donors (Lipinski definition) is 1. The zero-order valence-corrected chi connectivity index (χ0v) is 17.3. The number of anilines is 1. The van der Waals surface area contributed by atoms with E-state index in [4.69, 9.17) is 0 Å². The zero-order chi connectivity index (χ0) is 20.3. The van der Waals surface area contributed by atoms with Gasteiger partial charge in [0.15, 0.2) is 0 Å². The molecule has 5 rings (SSSR count). The number of aryl methyl sites for hydroxylation is 1. The Kier molecular flexibility index (Phi) is 4.07. The van der Waals surface area contributed by atoms with Gasteiger partial charge in [-0.1, -0.05) is 18.2 Å². The number of amides is 4. The molecule has 1 aromatic carbocycles. The van der Waals surface area contributed by atoms with Crippen LogP contribution < -0.4 is 10.2 Å². The van der Waals surface area contributed by atoms with Crippen molar-refractivity contribution in [2.24, 2.45) is 0 Å². The number of carbonyl (C=O) groups excluding carboxylic acids is 3. The average Bonchev–Trinajstić information content (AvgIpc) is 3.37. The Balaban J connectivity index is 1.47. The van der Waals surface area contributed by atoms with Gasteiger partial charge in [0, 0.05) is 22.2 Å². The molecule has 3 heterocycles. The number of imide groups is 1. The number of para-hydroxylation sites is 1. The Hall–Kier alpha value is -2.67. The molecule has 1 aromatic heterocycles. The summed E-state index contributed by atoms with van der Waals surface area (Å²) >= 11 is 1.62. The number of hydrogen-bond acceptors (Lipinski definition) is 4. The lowest BCUT2D eigenvalue weighted by Crippen LogP contribution is -2.52. The molecule has 3 aliphatic rings. The number of thiophene rings is 1. The minimum Gasteiger partial charge on any atom is -0.319 e. The van der Waals surface area contributed by atoms with Crippen molar-refractivity contribution >= 4 is 34.9 Å². The second-order valence-electron chi connectivity index (χ2n) is 8.19. The molecule has 0 saturated carbocycles. The van der Waals surface area contributed by atoms with Crippen molar-refractivity contribution in [1.29, 1.82) is 0 Å². The molecule has 3 atom stereocenters. The van der Waals surface area contributed by atoms with Crippen molar-refractivity contribution in [3.8, 4) is 0 Å². The van der Waals surface area contributed by atoms with E-state index in [9.17, 15) is 14.4 Å². The SMILES string of the molecule is CC(C(=O)N1c2ccccc2CC1C)N1C(=O)NC2(CCCc3sccc32)C1=O. The van der Waals surface area contributed by atoms with E-state index in [-0.39, 0.29) is 17.9 Å². The maximum atomic E-state index is 13.5. The Labute approximate surface area is 173 Å². The summed E-state index contributed by atoms with van der Waals surface area (Å²) in [7, 11) is 0. The standard InChI is InChI=1S/C22H23N3O3S/c1-13-12-15-6-3-4-7-17(15)24(13)19(26)14(2)25-20(27)22(23-21(25)28)10-5-8-18-16(22)9-11-29-18/h3-4,6-7,9,11,13-14H,5,8,10,12H2,1-2H3,(H,23,28). The van der Waals surface area contributed by atoms with Crippen molar-refractivity contribution in [2.75, 3.05) is 4.90 Å². The predicted molar refractivity (Wildman–Crippen MR) is 111 cm³/mol. The summed E-state index contributed by atoms with van der Waals surface area (Å²) in [6.07, 6.45) is 3.11. The number of carbonyl (C=O) groups is 3. The number of nitrogens with zero attached hydrogens (tertiary/aromatic N) is 2. The summed E-state index contributed by atoms with van der Waals surface area (Å²) in [4.78, 5) is 43.9. The van der Waals surface area contributed by atoms with Crippen LogP contribution in [0, 0.1) is 0 Å². The lowest BCUT2D eigenvalue weighted by atomic mass is 9.80. The van der Waals surface area contributed by atoms with Crippen molar-refractivity contribution in [1.82, 2.24) is 10.2 Å². The number of urea groups is 1. The van der Waals surface area contributed by atoms with Crippen LogP contribution in [0.4, 0.5) is 10.5 Å². The first kappa shape index (κ1) is 18.4. The first-order valence-corrected chi connectivity index (χ1v) is 11.0. The maximum Gasteiger partial charge on any atom is 0.326 e. The maximum absolute atomic E-state index is 13.5. The molecule has 150 valence electrons. The molecule has 1 spiro atoms. The highest BCUT2D eigenvalue weighted by atomic mass is 32.1. The number of fused-ring (bicyclic) bond motifs is 3. The molecule has 0 radical (unpaired) electrons. The largest absolute Gasteiger partial charge is 0.326 e. The van der Waals surface area contributed by atoms with E-state index in [0.717, 1.165) is 45.9 Å². The molecule has 0 bridgehead atoms. The lowest BCUT2D eigenvalue weighted by molar-refractivity contribution is -0.137. The van der Waals surface area contributed by atoms with Crippen LogP contribution in [-0.2, 0) is 28.0 Å². The van der Waals surface area contributed by atoms with Crippen molar-refractivity contribution < 1.29 is 14.4 Å². The Morgan fingerprint density at radius 3 is 2.90 bits per heavy atom. The second kappa shape index (κ2) is 6.42. The van der Waals surface area contributed by atoms with Crippen LogP contribution in [0.25, 0.3) is 0 Å². The normalized spacial score (nSPS) is 26.5. The van der Waals surface area contributed by atoms with Crippen molar-refractivity contribution in [3.63, 3.8) is 0 Å². The zero-order valence-electron chi connectivity index (χ0n) is 16.5. The molecule has 1 fully saturated rings. The van der Waals surface area contributed by atoms with Crippen LogP contribution in [0.1, 0.15) is 42.7 Å². The van der Waals surface area contributed by atoms with Gasteiger partial charge in [-0.2, -0.15) is 0 Å². The summed E-state index contributed by atoms with van der Waals surface area (Å²) in [5.41, 5.74) is 1.86. The molecule has 4 amide bonds. The minimum atomic E-state index is -1.02. The monoisotopic (exact) mass is 409 g/mol. The van der Waals surface area contributed by atoms with Crippen molar-refractivity contribution in [2.45, 2.75) is 57.2 Å². The first-order valence-electron chi connectivity index (χ1n) is 10.1. The summed E-state index contributed by atoms with van der Waals surface area (Å²) in [5, 5.41) is 4.91. The van der Waals surface area contributed by atoms with E-state index >= 15 is 0 Å². The topological polar surface area (TPSA) is 69.7 Å². The fourth-order valence-corrected chi connectivity index (χ4v) is 6.07. The van der Waals surface area contributed by atoms with Crippen LogP contribution in [0.3, 0.4) is 0 Å². The van der Waals surface area contributed by atoms with E-state index in [1.165, 1.54) is 0 Å². The lowest BCUT2D eigenvalue weighted by Gasteiger charge is -2.33. The molecule has 3 unspecified atom stereocenters. The molecule has 2 aromatic rings. The Morgan fingerprint density at radius 1 is 1.28 bits per heavy atom. The van der Waals surface area contributed by atoms with E-state index in [1.54, 1.807) is 23.2 Å². The second-order valence-corrected chi connectivity index (χ2v) is 9.19. The van der Waals surface area contributed by atoms with Crippen molar-refractivity contribution in [3.05, 3.63) is 51.7 Å². The van der Waals surface area contributed by atoms with Gasteiger partial charge in [-0.05, 0) is 62.6 Å². The smallest absolute Gasteiger partial charge is 0.319 e. The number of benzene rings is 1. The summed E-state index contributed by atoms with van der Waals surface area (Å²) in [5.74, 6) is -0.521. The summed E-state index contributed by atoms with van der Waals surface area (Å²) in [6, 6.07) is 8.41. The predicted octanol–water partition coefficient (Wildman–Crippen LogP) is 3.20. The number of rotatable bonds is 2. The molecule has 1 saturated heterocycles. The van der Waals surface area contributed by atoms with Gasteiger partial charge in [-0.3, -0.25) is 9.59 Å².